The molecule has 1 saturated carbocycles. The highest BCUT2D eigenvalue weighted by atomic mass is 16.2. The second kappa shape index (κ2) is 6.05. The van der Waals surface area contributed by atoms with Gasteiger partial charge in [0.1, 0.15) is 11.5 Å². The van der Waals surface area contributed by atoms with E-state index in [1.165, 1.54) is 0 Å². The third-order valence-corrected chi connectivity index (χ3v) is 3.53. The molecule has 1 aliphatic rings. The van der Waals surface area contributed by atoms with E-state index >= 15 is 0 Å². The first-order valence-electron chi connectivity index (χ1n) is 7.44. The molecule has 0 radical (unpaired) electrons. The fraction of sp³-hybridized carbons (Fsp3) is 0.294. The summed E-state index contributed by atoms with van der Waals surface area (Å²) in [4.78, 5) is 18.5. The fourth-order valence-electron chi connectivity index (χ4n) is 2.13. The molecule has 5 nitrogen and oxygen atoms in total. The van der Waals surface area contributed by atoms with E-state index in [9.17, 15) is 4.79 Å². The smallest absolute Gasteiger partial charge is 0.270 e. The van der Waals surface area contributed by atoms with Crippen LogP contribution in [0, 0.1) is 0 Å². The summed E-state index contributed by atoms with van der Waals surface area (Å²) < 4.78 is 0. The van der Waals surface area contributed by atoms with Gasteiger partial charge in [-0.1, -0.05) is 12.1 Å². The highest BCUT2D eigenvalue weighted by Gasteiger charge is 2.24. The third kappa shape index (κ3) is 3.55. The molecule has 0 unspecified atom stereocenters. The highest BCUT2D eigenvalue weighted by molar-refractivity contribution is 5.93. The van der Waals surface area contributed by atoms with Crippen molar-refractivity contribution in [3.8, 4) is 0 Å². The van der Waals surface area contributed by atoms with Gasteiger partial charge in [-0.25, -0.2) is 4.98 Å². The minimum Gasteiger partial charge on any atom is -0.378 e. The van der Waals surface area contributed by atoms with Crippen molar-refractivity contribution < 1.29 is 4.79 Å². The number of hydrogen-bond acceptors (Lipinski definition) is 4. The summed E-state index contributed by atoms with van der Waals surface area (Å²) in [5.74, 6) is 0.563. The molecule has 1 aromatic heterocycles. The Morgan fingerprint density at radius 3 is 2.68 bits per heavy atom. The summed E-state index contributed by atoms with van der Waals surface area (Å²) in [6.07, 6.45) is 2.14. The lowest BCUT2D eigenvalue weighted by Crippen LogP contribution is -2.26. The molecule has 5 heteroatoms. The molecule has 0 aliphatic heterocycles. The van der Waals surface area contributed by atoms with Gasteiger partial charge in [0.15, 0.2) is 0 Å². The Kier molecular flexibility index (Phi) is 3.96. The van der Waals surface area contributed by atoms with Gasteiger partial charge in [0.05, 0.1) is 0 Å². The molecule has 1 amide bonds. The number of aromatic nitrogens is 1. The third-order valence-electron chi connectivity index (χ3n) is 3.53. The van der Waals surface area contributed by atoms with Crippen molar-refractivity contribution in [1.82, 2.24) is 10.3 Å². The number of amides is 1. The van der Waals surface area contributed by atoms with Gasteiger partial charge in [-0.2, -0.15) is 0 Å². The molecule has 2 N–H and O–H groups in total. The van der Waals surface area contributed by atoms with Crippen molar-refractivity contribution in [2.24, 2.45) is 0 Å². The number of hydrogen-bond donors (Lipinski definition) is 2. The number of rotatable bonds is 5. The predicted molar refractivity (Wildman–Crippen MR) is 88.8 cm³/mol. The minimum absolute atomic E-state index is 0.104. The first-order valence-corrected chi connectivity index (χ1v) is 7.44. The maximum Gasteiger partial charge on any atom is 0.270 e. The average Bonchev–Trinajstić information content (AvgIpc) is 3.32. The van der Waals surface area contributed by atoms with Crippen LogP contribution >= 0.6 is 0 Å². The number of nitrogens with zero attached hydrogens (tertiary/aromatic N) is 2. The molecule has 1 aliphatic carbocycles. The van der Waals surface area contributed by atoms with Gasteiger partial charge in [0.2, 0.25) is 0 Å². The van der Waals surface area contributed by atoms with E-state index in [1.807, 2.05) is 55.4 Å². The van der Waals surface area contributed by atoms with Crippen LogP contribution in [-0.4, -0.2) is 31.0 Å². The Morgan fingerprint density at radius 2 is 1.95 bits per heavy atom. The van der Waals surface area contributed by atoms with Gasteiger partial charge in [-0.3, -0.25) is 4.79 Å². The van der Waals surface area contributed by atoms with Crippen LogP contribution in [0.2, 0.25) is 0 Å². The van der Waals surface area contributed by atoms with E-state index in [4.69, 9.17) is 0 Å². The van der Waals surface area contributed by atoms with E-state index in [-0.39, 0.29) is 5.91 Å². The predicted octanol–water partition coefficient (Wildman–Crippen LogP) is 2.78. The maximum atomic E-state index is 12.0. The molecule has 3 rings (SSSR count). The lowest BCUT2D eigenvalue weighted by molar-refractivity contribution is 0.0946. The van der Waals surface area contributed by atoms with Crippen LogP contribution in [0.4, 0.5) is 17.2 Å². The first-order chi connectivity index (χ1) is 10.6. The van der Waals surface area contributed by atoms with Crippen LogP contribution in [0.5, 0.6) is 0 Å². The van der Waals surface area contributed by atoms with Crippen LogP contribution < -0.4 is 15.5 Å². The number of benzene rings is 1. The van der Waals surface area contributed by atoms with Gasteiger partial charge in [0, 0.05) is 31.5 Å². The van der Waals surface area contributed by atoms with Gasteiger partial charge < -0.3 is 15.5 Å². The lowest BCUT2D eigenvalue weighted by Gasteiger charge is -2.14. The zero-order chi connectivity index (χ0) is 15.5. The largest absolute Gasteiger partial charge is 0.378 e. The molecule has 0 bridgehead atoms. The Hall–Kier alpha value is -2.56. The normalized spacial score (nSPS) is 13.5. The number of anilines is 3. The maximum absolute atomic E-state index is 12.0. The molecule has 1 heterocycles. The summed E-state index contributed by atoms with van der Waals surface area (Å²) in [6, 6.07) is 13.8. The molecule has 0 atom stereocenters. The van der Waals surface area contributed by atoms with Crippen molar-refractivity contribution >= 4 is 23.1 Å². The Labute approximate surface area is 130 Å². The molecular weight excluding hydrogens is 276 g/mol. The summed E-state index contributed by atoms with van der Waals surface area (Å²) in [6.45, 7) is 0. The molecule has 0 spiro atoms. The molecule has 2 aromatic rings. The molecule has 22 heavy (non-hydrogen) atoms. The Morgan fingerprint density at radius 1 is 1.18 bits per heavy atom. The van der Waals surface area contributed by atoms with Crippen molar-refractivity contribution in [1.29, 1.82) is 0 Å². The van der Waals surface area contributed by atoms with E-state index in [0.717, 1.165) is 24.2 Å². The van der Waals surface area contributed by atoms with Crippen molar-refractivity contribution in [3.05, 3.63) is 48.2 Å². The summed E-state index contributed by atoms with van der Waals surface area (Å²) in [5.41, 5.74) is 2.49. The molecular formula is C17H20N4O. The summed E-state index contributed by atoms with van der Waals surface area (Å²) in [5, 5.41) is 6.20. The van der Waals surface area contributed by atoms with Gasteiger partial charge >= 0.3 is 0 Å². The Balaban J connectivity index is 1.74. The summed E-state index contributed by atoms with van der Waals surface area (Å²) in [7, 11) is 4.00. The van der Waals surface area contributed by atoms with Crippen molar-refractivity contribution in [2.75, 3.05) is 24.3 Å². The fourth-order valence-corrected chi connectivity index (χ4v) is 2.13. The van der Waals surface area contributed by atoms with E-state index in [2.05, 4.69) is 15.6 Å². The van der Waals surface area contributed by atoms with Crippen molar-refractivity contribution in [3.63, 3.8) is 0 Å². The van der Waals surface area contributed by atoms with Crippen LogP contribution in [0.15, 0.2) is 42.5 Å². The van der Waals surface area contributed by atoms with Crippen LogP contribution in [0.3, 0.4) is 0 Å². The molecule has 0 saturated heterocycles. The van der Waals surface area contributed by atoms with Gasteiger partial charge in [-0.05, 0) is 43.2 Å². The SMILES string of the molecule is CN(C)c1cccc(Nc2cccc(C(=O)NC3CC3)n2)c1. The second-order valence-corrected chi connectivity index (χ2v) is 5.73. The number of pyridine rings is 1. The summed E-state index contributed by atoms with van der Waals surface area (Å²) >= 11 is 0. The van der Waals surface area contributed by atoms with Crippen molar-refractivity contribution in [2.45, 2.75) is 18.9 Å². The zero-order valence-corrected chi connectivity index (χ0v) is 12.8. The second-order valence-electron chi connectivity index (χ2n) is 5.73. The van der Waals surface area contributed by atoms with E-state index < -0.39 is 0 Å². The lowest BCUT2D eigenvalue weighted by atomic mass is 10.2. The van der Waals surface area contributed by atoms with E-state index in [1.54, 1.807) is 6.07 Å². The van der Waals surface area contributed by atoms with Gasteiger partial charge in [0.25, 0.3) is 5.91 Å². The Bertz CT molecular complexity index is 680. The number of carbonyl (C=O) groups is 1. The quantitative estimate of drug-likeness (QED) is 0.891. The monoisotopic (exact) mass is 296 g/mol. The minimum atomic E-state index is -0.104. The highest BCUT2D eigenvalue weighted by Crippen LogP contribution is 2.21. The first kappa shape index (κ1) is 14.4. The zero-order valence-electron chi connectivity index (χ0n) is 12.8. The molecule has 1 aromatic carbocycles. The van der Waals surface area contributed by atoms with Crippen LogP contribution in [0.1, 0.15) is 23.3 Å². The van der Waals surface area contributed by atoms with E-state index in [0.29, 0.717) is 17.6 Å². The molecule has 114 valence electrons. The number of carbonyl (C=O) groups excluding carboxylic acids is 1. The standard InChI is InChI=1S/C17H20N4O/c1-21(2)14-6-3-5-13(11-14)18-16-8-4-7-15(20-16)17(22)19-12-9-10-12/h3-8,11-12H,9-10H2,1-2H3,(H,18,20)(H,19,22). The van der Waals surface area contributed by atoms with Crippen LogP contribution in [-0.2, 0) is 0 Å². The average molecular weight is 296 g/mol. The molecule has 1 fully saturated rings. The number of nitrogens with one attached hydrogen (secondary N) is 2. The topological polar surface area (TPSA) is 57.3 Å². The van der Waals surface area contributed by atoms with Crippen LogP contribution in [0.25, 0.3) is 0 Å². The van der Waals surface area contributed by atoms with Gasteiger partial charge in [-0.15, -0.1) is 0 Å².